The van der Waals surface area contributed by atoms with Crippen LogP contribution in [0.5, 0.6) is 0 Å². The van der Waals surface area contributed by atoms with Crippen molar-refractivity contribution in [2.45, 2.75) is 60.3 Å². The molecule has 3 aromatic rings. The molecule has 0 fully saturated rings. The first-order valence-corrected chi connectivity index (χ1v) is 10.4. The summed E-state index contributed by atoms with van der Waals surface area (Å²) in [6, 6.07) is 10.5. The lowest BCUT2D eigenvalue weighted by molar-refractivity contribution is 0.0942. The number of carbonyl (C=O) groups excluding carboxylic acids is 1. The maximum absolute atomic E-state index is 12.4. The topological polar surface area (TPSA) is 71.5 Å². The molecule has 1 N–H and O–H groups in total. The SMILES string of the molecule is Cc1ccc(CN(Cc2nc(C(=O)NCc3ccco3)co2)[C@H](C)C(C)C)c(C)c1. The van der Waals surface area contributed by atoms with Gasteiger partial charge in [0, 0.05) is 12.6 Å². The summed E-state index contributed by atoms with van der Waals surface area (Å²) in [6.07, 6.45) is 3.00. The molecule has 1 aromatic carbocycles. The Labute approximate surface area is 178 Å². The van der Waals surface area contributed by atoms with Crippen molar-refractivity contribution in [1.82, 2.24) is 15.2 Å². The molecule has 0 radical (unpaired) electrons. The van der Waals surface area contributed by atoms with Crippen LogP contribution in [0.25, 0.3) is 0 Å². The molecule has 1 amide bonds. The third-order valence-electron chi connectivity index (χ3n) is 5.54. The van der Waals surface area contributed by atoms with E-state index in [4.69, 9.17) is 8.83 Å². The molecule has 6 heteroatoms. The van der Waals surface area contributed by atoms with Gasteiger partial charge in [0.2, 0.25) is 5.89 Å². The molecular formula is C24H31N3O3. The molecule has 1 atom stereocenters. The van der Waals surface area contributed by atoms with E-state index in [2.05, 4.69) is 68.0 Å². The zero-order valence-corrected chi connectivity index (χ0v) is 18.4. The van der Waals surface area contributed by atoms with E-state index < -0.39 is 0 Å². The molecule has 160 valence electrons. The van der Waals surface area contributed by atoms with Crippen molar-refractivity contribution in [1.29, 1.82) is 0 Å². The van der Waals surface area contributed by atoms with Gasteiger partial charge in [-0.2, -0.15) is 0 Å². The van der Waals surface area contributed by atoms with E-state index >= 15 is 0 Å². The Morgan fingerprint density at radius 2 is 1.93 bits per heavy atom. The first-order chi connectivity index (χ1) is 14.3. The van der Waals surface area contributed by atoms with Gasteiger partial charge in [-0.05, 0) is 49.9 Å². The van der Waals surface area contributed by atoms with Crippen LogP contribution in [0.15, 0.2) is 51.7 Å². The molecule has 2 heterocycles. The van der Waals surface area contributed by atoms with Crippen LogP contribution >= 0.6 is 0 Å². The lowest BCUT2D eigenvalue weighted by Gasteiger charge is -2.31. The molecule has 6 nitrogen and oxygen atoms in total. The van der Waals surface area contributed by atoms with Gasteiger partial charge in [0.05, 0.1) is 19.4 Å². The maximum atomic E-state index is 12.4. The summed E-state index contributed by atoms with van der Waals surface area (Å²) in [4.78, 5) is 19.1. The van der Waals surface area contributed by atoms with Crippen LogP contribution in [0.2, 0.25) is 0 Å². The number of aryl methyl sites for hydroxylation is 2. The van der Waals surface area contributed by atoms with Crippen LogP contribution in [0, 0.1) is 19.8 Å². The minimum absolute atomic E-state index is 0.278. The number of benzene rings is 1. The highest BCUT2D eigenvalue weighted by Gasteiger charge is 2.22. The number of furan rings is 1. The zero-order valence-electron chi connectivity index (χ0n) is 18.4. The highest BCUT2D eigenvalue weighted by molar-refractivity contribution is 5.91. The van der Waals surface area contributed by atoms with Crippen molar-refractivity contribution in [3.8, 4) is 0 Å². The fourth-order valence-electron chi connectivity index (χ4n) is 3.34. The Morgan fingerprint density at radius 1 is 1.13 bits per heavy atom. The number of carbonyl (C=O) groups is 1. The van der Waals surface area contributed by atoms with Gasteiger partial charge < -0.3 is 14.2 Å². The van der Waals surface area contributed by atoms with Crippen LogP contribution in [0.4, 0.5) is 0 Å². The lowest BCUT2D eigenvalue weighted by atomic mass is 10.0. The first-order valence-electron chi connectivity index (χ1n) is 10.4. The quantitative estimate of drug-likeness (QED) is 0.546. The molecular weight excluding hydrogens is 378 g/mol. The van der Waals surface area contributed by atoms with Crippen molar-refractivity contribution in [3.63, 3.8) is 0 Å². The van der Waals surface area contributed by atoms with E-state index in [-0.39, 0.29) is 11.6 Å². The number of aromatic nitrogens is 1. The minimum Gasteiger partial charge on any atom is -0.467 e. The van der Waals surface area contributed by atoms with Gasteiger partial charge in [-0.25, -0.2) is 4.98 Å². The fourth-order valence-corrected chi connectivity index (χ4v) is 3.34. The average Bonchev–Trinajstić information content (AvgIpc) is 3.39. The lowest BCUT2D eigenvalue weighted by Crippen LogP contribution is -2.36. The molecule has 3 rings (SSSR count). The van der Waals surface area contributed by atoms with E-state index in [1.165, 1.54) is 23.0 Å². The van der Waals surface area contributed by atoms with Crippen LogP contribution in [-0.2, 0) is 19.6 Å². The molecule has 0 saturated heterocycles. The fraction of sp³-hybridized carbons (Fsp3) is 0.417. The average molecular weight is 410 g/mol. The van der Waals surface area contributed by atoms with Gasteiger partial charge in [0.25, 0.3) is 5.91 Å². The molecule has 0 aliphatic heterocycles. The van der Waals surface area contributed by atoms with Crippen LogP contribution in [0.3, 0.4) is 0 Å². The highest BCUT2D eigenvalue weighted by Crippen LogP contribution is 2.20. The van der Waals surface area contributed by atoms with Gasteiger partial charge in [-0.15, -0.1) is 0 Å². The summed E-state index contributed by atoms with van der Waals surface area (Å²) < 4.78 is 10.9. The van der Waals surface area contributed by atoms with Crippen molar-refractivity contribution >= 4 is 5.91 Å². The van der Waals surface area contributed by atoms with E-state index in [1.807, 2.05) is 6.07 Å². The zero-order chi connectivity index (χ0) is 21.7. The molecule has 30 heavy (non-hydrogen) atoms. The Hall–Kier alpha value is -2.86. The third kappa shape index (κ3) is 5.60. The number of hydrogen-bond acceptors (Lipinski definition) is 5. The second-order valence-corrected chi connectivity index (χ2v) is 8.21. The standard InChI is InChI=1S/C24H31N3O3/c1-16(2)19(5)27(13-20-9-8-17(3)11-18(20)4)14-23-26-22(15-30-23)24(28)25-12-21-7-6-10-29-21/h6-11,15-16,19H,12-14H2,1-5H3,(H,25,28)/t19-/m1/s1. The van der Waals surface area contributed by atoms with Crippen LogP contribution < -0.4 is 5.32 Å². The predicted molar refractivity (Wildman–Crippen MR) is 116 cm³/mol. The molecule has 0 spiro atoms. The summed E-state index contributed by atoms with van der Waals surface area (Å²) in [5, 5.41) is 2.79. The highest BCUT2D eigenvalue weighted by atomic mass is 16.3. The third-order valence-corrected chi connectivity index (χ3v) is 5.54. The molecule has 0 aliphatic carbocycles. The molecule has 0 unspecified atom stereocenters. The monoisotopic (exact) mass is 409 g/mol. The summed E-state index contributed by atoms with van der Waals surface area (Å²) in [6.45, 7) is 12.5. The number of nitrogens with zero attached hydrogens (tertiary/aromatic N) is 2. The van der Waals surface area contributed by atoms with Gasteiger partial charge in [-0.3, -0.25) is 9.69 Å². The first kappa shape index (κ1) is 21.8. The number of hydrogen-bond donors (Lipinski definition) is 1. The number of oxazole rings is 1. The molecule has 0 bridgehead atoms. The maximum Gasteiger partial charge on any atom is 0.273 e. The Kier molecular flexibility index (Phi) is 7.11. The van der Waals surface area contributed by atoms with E-state index in [1.54, 1.807) is 12.3 Å². The van der Waals surface area contributed by atoms with E-state index in [0.29, 0.717) is 36.7 Å². The van der Waals surface area contributed by atoms with E-state index in [9.17, 15) is 4.79 Å². The summed E-state index contributed by atoms with van der Waals surface area (Å²) in [5.74, 6) is 1.42. The van der Waals surface area contributed by atoms with Crippen molar-refractivity contribution in [2.24, 2.45) is 5.92 Å². The predicted octanol–water partition coefficient (Wildman–Crippen LogP) is 4.86. The van der Waals surface area contributed by atoms with Gasteiger partial charge in [0.1, 0.15) is 12.0 Å². The Balaban J connectivity index is 1.69. The summed E-state index contributed by atoms with van der Waals surface area (Å²) in [7, 11) is 0. The Bertz CT molecular complexity index is 960. The van der Waals surface area contributed by atoms with Crippen molar-refractivity contribution in [3.05, 3.63) is 76.9 Å². The number of rotatable bonds is 9. The largest absolute Gasteiger partial charge is 0.467 e. The van der Waals surface area contributed by atoms with Gasteiger partial charge >= 0.3 is 0 Å². The number of nitrogens with one attached hydrogen (secondary N) is 1. The second-order valence-electron chi connectivity index (χ2n) is 8.21. The smallest absolute Gasteiger partial charge is 0.273 e. The van der Waals surface area contributed by atoms with Gasteiger partial charge in [-0.1, -0.05) is 37.6 Å². The van der Waals surface area contributed by atoms with Crippen LogP contribution in [0.1, 0.15) is 59.6 Å². The minimum atomic E-state index is -0.278. The molecule has 2 aromatic heterocycles. The second kappa shape index (κ2) is 9.76. The summed E-state index contributed by atoms with van der Waals surface area (Å²) in [5.41, 5.74) is 4.11. The Morgan fingerprint density at radius 3 is 2.60 bits per heavy atom. The normalized spacial score (nSPS) is 12.5. The number of amides is 1. The van der Waals surface area contributed by atoms with Crippen molar-refractivity contribution in [2.75, 3.05) is 0 Å². The van der Waals surface area contributed by atoms with Gasteiger partial charge in [0.15, 0.2) is 5.69 Å². The van der Waals surface area contributed by atoms with Crippen molar-refractivity contribution < 1.29 is 13.6 Å². The molecule has 0 saturated carbocycles. The molecule has 0 aliphatic rings. The van der Waals surface area contributed by atoms with Crippen LogP contribution in [-0.4, -0.2) is 21.8 Å². The van der Waals surface area contributed by atoms with E-state index in [0.717, 1.165) is 6.54 Å². The summed E-state index contributed by atoms with van der Waals surface area (Å²) >= 11 is 0.